The van der Waals surface area contributed by atoms with Crippen LogP contribution < -0.4 is 15.0 Å². The molecule has 1 aromatic heterocycles. The molecule has 8 nitrogen and oxygen atoms in total. The topological polar surface area (TPSA) is 94.8 Å². The minimum atomic E-state index is -4.80. The van der Waals surface area contributed by atoms with Crippen molar-refractivity contribution in [1.82, 2.24) is 15.3 Å². The first kappa shape index (κ1) is 29.1. The molecule has 0 atom stereocenters. The summed E-state index contributed by atoms with van der Waals surface area (Å²) in [6.07, 6.45) is 11.1. The van der Waals surface area contributed by atoms with E-state index in [4.69, 9.17) is 25.7 Å². The van der Waals surface area contributed by atoms with Crippen LogP contribution in [-0.2, 0) is 9.08 Å². The van der Waals surface area contributed by atoms with E-state index in [1.54, 1.807) is 48.7 Å². The largest absolute Gasteiger partial charge is 0.573 e. The van der Waals surface area contributed by atoms with Crippen LogP contribution in [0.5, 0.6) is 11.6 Å². The van der Waals surface area contributed by atoms with E-state index in [-0.39, 0.29) is 24.6 Å². The molecule has 0 bridgehead atoms. The molecule has 0 spiro atoms. The van der Waals surface area contributed by atoms with Crippen LogP contribution in [0.1, 0.15) is 12.8 Å². The average Bonchev–Trinajstić information content (AvgIpc) is 3.02. The van der Waals surface area contributed by atoms with E-state index < -0.39 is 12.3 Å². The van der Waals surface area contributed by atoms with Gasteiger partial charge in [0.1, 0.15) is 17.2 Å². The highest BCUT2D eigenvalue weighted by Gasteiger charge is 2.31. The molecule has 13 heteroatoms. The Morgan fingerprint density at radius 1 is 1.23 bits per heavy atom. The van der Waals surface area contributed by atoms with Crippen molar-refractivity contribution >= 4 is 35.3 Å². The number of hydrogen-bond acceptors (Lipinski definition) is 7. The molecular weight excluding hydrogens is 571 g/mol. The summed E-state index contributed by atoms with van der Waals surface area (Å²) in [5, 5.41) is 13.7. The maximum atomic E-state index is 12.6. The van der Waals surface area contributed by atoms with Crippen molar-refractivity contribution in [2.75, 3.05) is 6.54 Å². The van der Waals surface area contributed by atoms with Gasteiger partial charge in [0.25, 0.3) is 0 Å². The predicted octanol–water partition coefficient (Wildman–Crippen LogP) is 6.89. The highest BCUT2D eigenvalue weighted by Crippen LogP contribution is 2.34. The van der Waals surface area contributed by atoms with Crippen LogP contribution in [0.25, 0.3) is 16.8 Å². The fourth-order valence-electron chi connectivity index (χ4n) is 3.33. The summed E-state index contributed by atoms with van der Waals surface area (Å²) in [6, 6.07) is 5.35. The van der Waals surface area contributed by atoms with Gasteiger partial charge >= 0.3 is 12.3 Å². The number of aromatic nitrogens is 2. The van der Waals surface area contributed by atoms with E-state index in [0.29, 0.717) is 34.0 Å². The lowest BCUT2D eigenvalue weighted by atomic mass is 10.1. The standard InChI is InChI=1S/C27H21ClF3N3O5S/c28-19-4-1-2-5-20(16-19)34-17-24(18-8-10-22(11-9-18)38-27(29,30)31)26(33-34)37-21-6-3-7-23(13-12-21)40-39-32-15-14-25(35)36/h1-4,6,8-13,16-17,32H,7,14-15H2,(H,35,36). The van der Waals surface area contributed by atoms with Gasteiger partial charge in [-0.15, -0.1) is 18.3 Å². The van der Waals surface area contributed by atoms with E-state index in [1.165, 1.54) is 28.9 Å². The smallest absolute Gasteiger partial charge is 0.481 e. The van der Waals surface area contributed by atoms with Crippen molar-refractivity contribution in [3.8, 4) is 22.8 Å². The third kappa shape index (κ3) is 8.80. The lowest BCUT2D eigenvalue weighted by Crippen LogP contribution is -2.16. The van der Waals surface area contributed by atoms with Gasteiger partial charge in [-0.05, 0) is 60.6 Å². The van der Waals surface area contributed by atoms with E-state index in [9.17, 15) is 18.0 Å². The Labute approximate surface area is 236 Å². The first-order valence-electron chi connectivity index (χ1n) is 11.7. The van der Waals surface area contributed by atoms with E-state index >= 15 is 0 Å². The van der Waals surface area contributed by atoms with Crippen LogP contribution in [0.2, 0.25) is 0 Å². The molecule has 0 unspecified atom stereocenters. The van der Waals surface area contributed by atoms with Gasteiger partial charge in [-0.2, -0.15) is 5.48 Å². The molecule has 2 N–H and O–H groups in total. The zero-order valence-electron chi connectivity index (χ0n) is 20.5. The number of benzene rings is 1. The van der Waals surface area contributed by atoms with Crippen LogP contribution in [0.4, 0.5) is 13.2 Å². The van der Waals surface area contributed by atoms with Gasteiger partial charge in [0.2, 0.25) is 5.88 Å². The summed E-state index contributed by atoms with van der Waals surface area (Å²) < 4.78 is 54.7. The van der Waals surface area contributed by atoms with Gasteiger partial charge in [0.05, 0.1) is 12.0 Å². The van der Waals surface area contributed by atoms with Crippen molar-refractivity contribution in [2.24, 2.45) is 0 Å². The number of aliphatic carboxylic acids is 1. The number of carboxylic acids is 1. The molecule has 2 aliphatic carbocycles. The van der Waals surface area contributed by atoms with E-state index in [1.807, 2.05) is 6.08 Å². The number of halogens is 4. The Morgan fingerprint density at radius 3 is 2.77 bits per heavy atom. The highest BCUT2D eigenvalue weighted by atomic mass is 35.5. The maximum Gasteiger partial charge on any atom is 0.573 e. The first-order valence-corrected chi connectivity index (χ1v) is 12.8. The fraction of sp³-hybridized carbons (Fsp3) is 0.148. The molecule has 0 saturated heterocycles. The molecule has 2 aliphatic rings. The number of hydrogen-bond donors (Lipinski definition) is 2. The Bertz CT molecular complexity index is 1470. The van der Waals surface area contributed by atoms with Gasteiger partial charge < -0.3 is 14.6 Å². The van der Waals surface area contributed by atoms with Gasteiger partial charge in [-0.1, -0.05) is 41.6 Å². The van der Waals surface area contributed by atoms with Crippen LogP contribution in [0.15, 0.2) is 100 Å². The van der Waals surface area contributed by atoms with Crippen LogP contribution in [-0.4, -0.2) is 33.8 Å². The lowest BCUT2D eigenvalue weighted by molar-refractivity contribution is -0.274. The minimum Gasteiger partial charge on any atom is -0.481 e. The van der Waals surface area contributed by atoms with Gasteiger partial charge in [0.15, 0.2) is 0 Å². The maximum absolute atomic E-state index is 12.6. The van der Waals surface area contributed by atoms with Gasteiger partial charge in [-0.3, -0.25) is 4.79 Å². The van der Waals surface area contributed by atoms with Crippen molar-refractivity contribution in [1.29, 1.82) is 0 Å². The molecule has 0 fully saturated rings. The predicted molar refractivity (Wildman–Crippen MR) is 145 cm³/mol. The zero-order valence-corrected chi connectivity index (χ0v) is 22.1. The van der Waals surface area contributed by atoms with Crippen LogP contribution in [0, 0.1) is 0 Å². The van der Waals surface area contributed by atoms with Gasteiger partial charge in [0, 0.05) is 34.7 Å². The molecule has 4 rings (SSSR count). The van der Waals surface area contributed by atoms with Gasteiger partial charge in [-0.25, -0.2) is 8.97 Å². The molecular formula is C27H21ClF3N3O5S. The highest BCUT2D eigenvalue weighted by molar-refractivity contribution is 7.98. The minimum absolute atomic E-state index is 0.0737. The molecule has 2 aromatic rings. The Morgan fingerprint density at radius 2 is 2.02 bits per heavy atom. The number of hydroxylamine groups is 1. The molecule has 0 amide bonds. The number of allylic oxidation sites excluding steroid dienone is 10. The summed E-state index contributed by atoms with van der Waals surface area (Å²) in [7, 11) is 0. The summed E-state index contributed by atoms with van der Waals surface area (Å²) in [5.74, 6) is -0.659. The molecule has 1 heterocycles. The number of carbonyl (C=O) groups is 1. The molecule has 1 aromatic carbocycles. The summed E-state index contributed by atoms with van der Waals surface area (Å²) in [6.45, 7) is 0.159. The molecule has 208 valence electrons. The average molecular weight is 592 g/mol. The fourth-order valence-corrected chi connectivity index (χ4v) is 4.04. The number of nitrogens with one attached hydrogen (secondary N) is 1. The summed E-state index contributed by atoms with van der Waals surface area (Å²) in [4.78, 5) is 11.4. The number of carboxylic acid groups (broad SMARTS) is 1. The second kappa shape index (κ2) is 13.4. The molecule has 40 heavy (non-hydrogen) atoms. The van der Waals surface area contributed by atoms with Crippen LogP contribution in [0.3, 0.4) is 0 Å². The normalized spacial score (nSPS) is 15.0. The molecule has 0 aliphatic heterocycles. The quantitative estimate of drug-likeness (QED) is 0.126. The lowest BCUT2D eigenvalue weighted by Gasteiger charge is -2.09. The Kier molecular flexibility index (Phi) is 9.75. The first-order chi connectivity index (χ1) is 19.2. The summed E-state index contributed by atoms with van der Waals surface area (Å²) in [5.41, 5.74) is 7.18. The summed E-state index contributed by atoms with van der Waals surface area (Å²) >= 11 is 7.26. The number of nitrogens with zero attached hydrogens (tertiary/aromatic N) is 2. The van der Waals surface area contributed by atoms with Crippen molar-refractivity contribution in [3.05, 3.63) is 100 Å². The molecule has 0 saturated carbocycles. The molecule has 0 radical (unpaired) electrons. The number of ether oxygens (including phenoxy) is 2. The Hall–Kier alpha value is -3.93. The van der Waals surface area contributed by atoms with Crippen molar-refractivity contribution < 1.29 is 36.8 Å². The third-order valence-electron chi connectivity index (χ3n) is 5.08. The second-order valence-corrected chi connectivity index (χ2v) is 9.36. The van der Waals surface area contributed by atoms with E-state index in [2.05, 4.69) is 21.0 Å². The third-order valence-corrected chi connectivity index (χ3v) is 6.03. The number of rotatable bonds is 11. The van der Waals surface area contributed by atoms with Crippen molar-refractivity contribution in [3.63, 3.8) is 0 Å². The van der Waals surface area contributed by atoms with Crippen LogP contribution >= 0.6 is 23.6 Å². The Balaban J connectivity index is 1.58. The monoisotopic (exact) mass is 591 g/mol. The zero-order chi connectivity index (χ0) is 28.5. The van der Waals surface area contributed by atoms with E-state index in [0.717, 1.165) is 16.9 Å². The van der Waals surface area contributed by atoms with Crippen molar-refractivity contribution in [2.45, 2.75) is 19.2 Å². The number of alkyl halides is 3. The SMILES string of the molecule is O=C(O)CCNOSC1=CC=C(Oc2nn(C3=C=CC=CC(Cl)=C3)cc2-c2ccc(OC(F)(F)F)cc2)C=CC1. The second-order valence-electron chi connectivity index (χ2n) is 8.06.